The van der Waals surface area contributed by atoms with E-state index < -0.39 is 0 Å². The zero-order valence-corrected chi connectivity index (χ0v) is 6.29. The van der Waals surface area contributed by atoms with Crippen molar-refractivity contribution in [2.45, 2.75) is 25.7 Å². The molecule has 1 aliphatic rings. The van der Waals surface area contributed by atoms with Gasteiger partial charge in [0, 0.05) is 13.2 Å². The highest BCUT2D eigenvalue weighted by atomic mass is 16.3. The van der Waals surface area contributed by atoms with Crippen molar-refractivity contribution < 1.29 is 10.2 Å². The normalized spacial score (nSPS) is 34.2. The van der Waals surface area contributed by atoms with Crippen LogP contribution in [0.1, 0.15) is 25.7 Å². The van der Waals surface area contributed by atoms with Crippen LogP contribution in [-0.2, 0) is 0 Å². The molecule has 0 heterocycles. The van der Waals surface area contributed by atoms with Gasteiger partial charge in [0.05, 0.1) is 0 Å². The fraction of sp³-hybridized carbons (Fsp3) is 1.00. The van der Waals surface area contributed by atoms with Crippen LogP contribution in [0.3, 0.4) is 0 Å². The van der Waals surface area contributed by atoms with Crippen molar-refractivity contribution in [2.24, 2.45) is 11.8 Å². The van der Waals surface area contributed by atoms with E-state index in [0.29, 0.717) is 25.0 Å². The standard InChI is InChI=1S/C8H16O2/c9-5-7-2-1-3-8(4-7)6-10/h7-10H,1-6H2/t7-,8-/m0/s1. The molecule has 0 radical (unpaired) electrons. The molecule has 1 saturated carbocycles. The number of hydrogen-bond donors (Lipinski definition) is 2. The topological polar surface area (TPSA) is 40.5 Å². The van der Waals surface area contributed by atoms with Gasteiger partial charge in [-0.15, -0.1) is 0 Å². The molecule has 10 heavy (non-hydrogen) atoms. The molecule has 2 atom stereocenters. The highest BCUT2D eigenvalue weighted by Crippen LogP contribution is 2.27. The Bertz CT molecular complexity index is 83.3. The van der Waals surface area contributed by atoms with Crippen LogP contribution < -0.4 is 0 Å². The molecule has 0 bridgehead atoms. The van der Waals surface area contributed by atoms with Crippen LogP contribution in [0.4, 0.5) is 0 Å². The van der Waals surface area contributed by atoms with Crippen LogP contribution in [0.25, 0.3) is 0 Å². The average molecular weight is 144 g/mol. The van der Waals surface area contributed by atoms with Crippen molar-refractivity contribution in [1.29, 1.82) is 0 Å². The van der Waals surface area contributed by atoms with Crippen molar-refractivity contribution in [1.82, 2.24) is 0 Å². The predicted molar refractivity (Wildman–Crippen MR) is 39.6 cm³/mol. The zero-order valence-electron chi connectivity index (χ0n) is 6.29. The largest absolute Gasteiger partial charge is 0.396 e. The molecule has 0 spiro atoms. The van der Waals surface area contributed by atoms with E-state index in [0.717, 1.165) is 19.3 Å². The van der Waals surface area contributed by atoms with Crippen LogP contribution in [-0.4, -0.2) is 23.4 Å². The second-order valence-corrected chi connectivity index (χ2v) is 3.26. The van der Waals surface area contributed by atoms with Crippen molar-refractivity contribution in [3.63, 3.8) is 0 Å². The van der Waals surface area contributed by atoms with Gasteiger partial charge >= 0.3 is 0 Å². The lowest BCUT2D eigenvalue weighted by molar-refractivity contribution is 0.121. The summed E-state index contributed by atoms with van der Waals surface area (Å²) in [5.41, 5.74) is 0. The van der Waals surface area contributed by atoms with Crippen molar-refractivity contribution >= 4 is 0 Å². The summed E-state index contributed by atoms with van der Waals surface area (Å²) < 4.78 is 0. The molecule has 0 amide bonds. The minimum absolute atomic E-state index is 0.302. The smallest absolute Gasteiger partial charge is 0.0459 e. The maximum atomic E-state index is 8.82. The van der Waals surface area contributed by atoms with Gasteiger partial charge in [0.15, 0.2) is 0 Å². The Morgan fingerprint density at radius 1 is 1.00 bits per heavy atom. The maximum absolute atomic E-state index is 8.82. The van der Waals surface area contributed by atoms with E-state index in [1.54, 1.807) is 0 Å². The van der Waals surface area contributed by atoms with Crippen molar-refractivity contribution in [3.8, 4) is 0 Å². The third kappa shape index (κ3) is 1.96. The van der Waals surface area contributed by atoms with Crippen LogP contribution in [0, 0.1) is 11.8 Å². The van der Waals surface area contributed by atoms with Crippen LogP contribution in [0.15, 0.2) is 0 Å². The number of aliphatic hydroxyl groups excluding tert-OH is 2. The third-order valence-corrected chi connectivity index (χ3v) is 2.41. The second kappa shape index (κ2) is 3.94. The van der Waals surface area contributed by atoms with Crippen molar-refractivity contribution in [2.75, 3.05) is 13.2 Å². The molecule has 0 aromatic rings. The lowest BCUT2D eigenvalue weighted by Crippen LogP contribution is -2.20. The summed E-state index contributed by atoms with van der Waals surface area (Å²) in [4.78, 5) is 0. The van der Waals surface area contributed by atoms with E-state index in [-0.39, 0.29) is 0 Å². The minimum atomic E-state index is 0.302. The maximum Gasteiger partial charge on any atom is 0.0459 e. The van der Waals surface area contributed by atoms with Gasteiger partial charge < -0.3 is 10.2 Å². The Labute approximate surface area is 61.9 Å². The molecule has 2 nitrogen and oxygen atoms in total. The minimum Gasteiger partial charge on any atom is -0.396 e. The van der Waals surface area contributed by atoms with Gasteiger partial charge in [-0.25, -0.2) is 0 Å². The van der Waals surface area contributed by atoms with E-state index in [2.05, 4.69) is 0 Å². The van der Waals surface area contributed by atoms with Crippen molar-refractivity contribution in [3.05, 3.63) is 0 Å². The number of aliphatic hydroxyl groups is 2. The molecule has 0 saturated heterocycles. The van der Waals surface area contributed by atoms with E-state index in [4.69, 9.17) is 10.2 Å². The highest BCUT2D eigenvalue weighted by molar-refractivity contribution is 4.71. The summed E-state index contributed by atoms with van der Waals surface area (Å²) in [6.45, 7) is 0.604. The van der Waals surface area contributed by atoms with Crippen LogP contribution >= 0.6 is 0 Å². The van der Waals surface area contributed by atoms with Gasteiger partial charge in [0.25, 0.3) is 0 Å². The molecule has 60 valence electrons. The summed E-state index contributed by atoms with van der Waals surface area (Å²) >= 11 is 0. The Morgan fingerprint density at radius 2 is 1.50 bits per heavy atom. The molecule has 0 aliphatic heterocycles. The molecular formula is C8H16O2. The molecule has 1 aliphatic carbocycles. The van der Waals surface area contributed by atoms with Gasteiger partial charge in [-0.2, -0.15) is 0 Å². The van der Waals surface area contributed by atoms with Gasteiger partial charge in [0.2, 0.25) is 0 Å². The number of hydrogen-bond acceptors (Lipinski definition) is 2. The van der Waals surface area contributed by atoms with E-state index >= 15 is 0 Å². The predicted octanol–water partition coefficient (Wildman–Crippen LogP) is 0.777. The zero-order chi connectivity index (χ0) is 7.40. The molecule has 2 heteroatoms. The first-order chi connectivity index (χ1) is 4.86. The SMILES string of the molecule is OC[C@H]1CCC[C@H](CO)C1. The molecule has 1 rings (SSSR count). The molecule has 0 aromatic heterocycles. The van der Waals surface area contributed by atoms with Gasteiger partial charge in [0.1, 0.15) is 0 Å². The van der Waals surface area contributed by atoms with E-state index in [1.165, 1.54) is 6.42 Å². The highest BCUT2D eigenvalue weighted by Gasteiger charge is 2.20. The summed E-state index contributed by atoms with van der Waals surface area (Å²) in [6, 6.07) is 0. The van der Waals surface area contributed by atoms with Gasteiger partial charge in [-0.1, -0.05) is 6.42 Å². The van der Waals surface area contributed by atoms with E-state index in [1.807, 2.05) is 0 Å². The molecular weight excluding hydrogens is 128 g/mol. The monoisotopic (exact) mass is 144 g/mol. The molecule has 0 aromatic carbocycles. The summed E-state index contributed by atoms with van der Waals surface area (Å²) in [6.07, 6.45) is 4.49. The summed E-state index contributed by atoms with van der Waals surface area (Å²) in [5.74, 6) is 0.928. The fourth-order valence-electron chi connectivity index (χ4n) is 1.73. The average Bonchev–Trinajstić information content (AvgIpc) is 2.05. The quantitative estimate of drug-likeness (QED) is 0.601. The summed E-state index contributed by atoms with van der Waals surface area (Å²) in [7, 11) is 0. The van der Waals surface area contributed by atoms with Crippen LogP contribution in [0.5, 0.6) is 0 Å². The molecule has 2 N–H and O–H groups in total. The lowest BCUT2D eigenvalue weighted by Gasteiger charge is -2.26. The van der Waals surface area contributed by atoms with E-state index in [9.17, 15) is 0 Å². The Hall–Kier alpha value is -0.0800. The third-order valence-electron chi connectivity index (χ3n) is 2.41. The summed E-state index contributed by atoms with van der Waals surface area (Å²) in [5, 5.41) is 17.6. The first-order valence-electron chi connectivity index (χ1n) is 4.08. The Kier molecular flexibility index (Phi) is 3.16. The van der Waals surface area contributed by atoms with Gasteiger partial charge in [-0.3, -0.25) is 0 Å². The first kappa shape index (κ1) is 8.02. The molecule has 1 fully saturated rings. The Morgan fingerprint density at radius 3 is 1.90 bits per heavy atom. The molecule has 0 unspecified atom stereocenters. The second-order valence-electron chi connectivity index (χ2n) is 3.26. The van der Waals surface area contributed by atoms with Gasteiger partial charge in [-0.05, 0) is 31.1 Å². The van der Waals surface area contributed by atoms with Crippen LogP contribution in [0.2, 0.25) is 0 Å². The first-order valence-corrected chi connectivity index (χ1v) is 4.08. The Balaban J connectivity index is 2.25. The fourth-order valence-corrected chi connectivity index (χ4v) is 1.73. The lowest BCUT2D eigenvalue weighted by atomic mass is 9.82. The number of rotatable bonds is 2.